The van der Waals surface area contributed by atoms with Crippen LogP contribution in [0.3, 0.4) is 0 Å². The van der Waals surface area contributed by atoms with E-state index in [2.05, 4.69) is 20.1 Å². The van der Waals surface area contributed by atoms with Crippen molar-refractivity contribution in [2.24, 2.45) is 0 Å². The number of anilines is 2. The highest BCUT2D eigenvalue weighted by atomic mass is 35.5. The molecule has 0 bridgehead atoms. The zero-order valence-corrected chi connectivity index (χ0v) is 17.3. The average Bonchev–Trinajstić information content (AvgIpc) is 2.79. The lowest BCUT2D eigenvalue weighted by atomic mass is 9.81. The first-order chi connectivity index (χ1) is 15.0. The summed E-state index contributed by atoms with van der Waals surface area (Å²) in [5.74, 6) is -1.13. The maximum absolute atomic E-state index is 13.1. The van der Waals surface area contributed by atoms with Crippen molar-refractivity contribution < 1.29 is 14.0 Å². The van der Waals surface area contributed by atoms with E-state index in [0.717, 1.165) is 29.7 Å². The second-order valence-corrected chi connectivity index (χ2v) is 8.25. The molecule has 1 aliphatic heterocycles. The number of fused-ring (bicyclic) bond motifs is 1. The zero-order chi connectivity index (χ0) is 21.5. The highest BCUT2D eigenvalue weighted by Gasteiger charge is 2.52. The van der Waals surface area contributed by atoms with Crippen molar-refractivity contribution in [3.05, 3.63) is 65.6 Å². The van der Waals surface area contributed by atoms with Gasteiger partial charge in [0.05, 0.1) is 5.52 Å². The standard InChI is InChI=1S/C23H20ClFN4O2/c24-14-1-6-17-18(13-14)26-8-7-19(17)28-9-11-29(12-10-28)21-20(22(30)23(21)31)27-16-4-2-15(25)3-5-16/h1-8,13,20-21,27H,9-12H2. The predicted molar refractivity (Wildman–Crippen MR) is 118 cm³/mol. The monoisotopic (exact) mass is 438 g/mol. The van der Waals surface area contributed by atoms with Gasteiger partial charge in [0.15, 0.2) is 0 Å². The van der Waals surface area contributed by atoms with Gasteiger partial charge in [-0.25, -0.2) is 4.39 Å². The Morgan fingerprint density at radius 1 is 0.968 bits per heavy atom. The molecule has 158 valence electrons. The molecule has 1 N–H and O–H groups in total. The molecule has 2 atom stereocenters. The highest BCUT2D eigenvalue weighted by Crippen LogP contribution is 2.30. The van der Waals surface area contributed by atoms with Crippen LogP contribution in [0, 0.1) is 5.82 Å². The van der Waals surface area contributed by atoms with Crippen molar-refractivity contribution in [2.45, 2.75) is 12.1 Å². The van der Waals surface area contributed by atoms with E-state index in [-0.39, 0.29) is 11.6 Å². The Kier molecular flexibility index (Phi) is 5.08. The number of Topliss-reactive ketones (excluding diaryl/α,β-unsaturated/α-hetero) is 2. The maximum Gasteiger partial charge on any atom is 0.224 e. The summed E-state index contributed by atoms with van der Waals surface area (Å²) in [5, 5.41) is 4.77. The summed E-state index contributed by atoms with van der Waals surface area (Å²) in [7, 11) is 0. The van der Waals surface area contributed by atoms with Gasteiger partial charge in [0.2, 0.25) is 11.6 Å². The minimum absolute atomic E-state index is 0.347. The van der Waals surface area contributed by atoms with Crippen LogP contribution in [0.5, 0.6) is 0 Å². The molecule has 3 aromatic rings. The fraction of sp³-hybridized carbons (Fsp3) is 0.261. The average molecular weight is 439 g/mol. The van der Waals surface area contributed by atoms with Crippen molar-refractivity contribution in [2.75, 3.05) is 36.4 Å². The van der Waals surface area contributed by atoms with Gasteiger partial charge >= 0.3 is 0 Å². The lowest BCUT2D eigenvalue weighted by Gasteiger charge is -2.45. The number of pyridine rings is 1. The first kappa shape index (κ1) is 19.9. The van der Waals surface area contributed by atoms with E-state index in [1.807, 2.05) is 24.3 Å². The molecule has 1 saturated heterocycles. The summed E-state index contributed by atoms with van der Waals surface area (Å²) in [6, 6.07) is 12.4. The van der Waals surface area contributed by atoms with Crippen LogP contribution in [-0.2, 0) is 9.59 Å². The number of piperazine rings is 1. The molecule has 1 aromatic heterocycles. The van der Waals surface area contributed by atoms with Crippen LogP contribution >= 0.6 is 11.6 Å². The van der Waals surface area contributed by atoms with E-state index in [9.17, 15) is 14.0 Å². The number of nitrogens with zero attached hydrogens (tertiary/aromatic N) is 3. The van der Waals surface area contributed by atoms with E-state index in [1.54, 1.807) is 18.3 Å². The Bertz CT molecular complexity index is 1160. The number of carbonyl (C=O) groups is 2. The highest BCUT2D eigenvalue weighted by molar-refractivity contribution is 6.49. The Labute approximate surface area is 183 Å². The molecule has 5 rings (SSSR count). The Hall–Kier alpha value is -3.03. The van der Waals surface area contributed by atoms with Crippen LogP contribution in [0.25, 0.3) is 10.9 Å². The third-order valence-electron chi connectivity index (χ3n) is 6.01. The van der Waals surface area contributed by atoms with Crippen LogP contribution in [0.15, 0.2) is 54.7 Å². The van der Waals surface area contributed by atoms with Crippen LogP contribution in [-0.4, -0.2) is 59.7 Å². The maximum atomic E-state index is 13.1. The molecule has 2 heterocycles. The predicted octanol–water partition coefficient (Wildman–Crippen LogP) is 3.15. The zero-order valence-electron chi connectivity index (χ0n) is 16.6. The van der Waals surface area contributed by atoms with Crippen molar-refractivity contribution >= 4 is 45.4 Å². The molecule has 31 heavy (non-hydrogen) atoms. The fourth-order valence-corrected chi connectivity index (χ4v) is 4.53. The van der Waals surface area contributed by atoms with E-state index in [1.165, 1.54) is 12.1 Å². The van der Waals surface area contributed by atoms with Crippen molar-refractivity contribution in [3.63, 3.8) is 0 Å². The first-order valence-electron chi connectivity index (χ1n) is 10.1. The number of ketones is 2. The van der Waals surface area contributed by atoms with Gasteiger partial charge in [0, 0.05) is 54.2 Å². The molecule has 2 unspecified atom stereocenters. The molecular formula is C23H20ClFN4O2. The topological polar surface area (TPSA) is 65.5 Å². The fourth-order valence-electron chi connectivity index (χ4n) is 4.37. The second kappa shape index (κ2) is 7.90. The quantitative estimate of drug-likeness (QED) is 0.631. The molecule has 2 fully saturated rings. The Morgan fingerprint density at radius 2 is 1.71 bits per heavy atom. The van der Waals surface area contributed by atoms with Gasteiger partial charge in [-0.05, 0) is 48.5 Å². The lowest BCUT2D eigenvalue weighted by Crippen LogP contribution is -2.70. The van der Waals surface area contributed by atoms with Gasteiger partial charge in [0.1, 0.15) is 17.9 Å². The van der Waals surface area contributed by atoms with Gasteiger partial charge in [-0.15, -0.1) is 0 Å². The van der Waals surface area contributed by atoms with Gasteiger partial charge in [-0.2, -0.15) is 0 Å². The summed E-state index contributed by atoms with van der Waals surface area (Å²) in [4.78, 5) is 33.3. The minimum Gasteiger partial charge on any atom is -0.373 e. The summed E-state index contributed by atoms with van der Waals surface area (Å²) >= 11 is 6.09. The van der Waals surface area contributed by atoms with E-state index in [4.69, 9.17) is 11.6 Å². The third kappa shape index (κ3) is 3.64. The lowest BCUT2D eigenvalue weighted by molar-refractivity contribution is -0.149. The summed E-state index contributed by atoms with van der Waals surface area (Å²) in [6.45, 7) is 2.76. The molecule has 1 aliphatic carbocycles. The summed E-state index contributed by atoms with van der Waals surface area (Å²) < 4.78 is 13.1. The van der Waals surface area contributed by atoms with E-state index < -0.39 is 17.9 Å². The van der Waals surface area contributed by atoms with Gasteiger partial charge in [-0.1, -0.05) is 11.6 Å². The summed E-state index contributed by atoms with van der Waals surface area (Å²) in [6.07, 6.45) is 1.77. The second-order valence-electron chi connectivity index (χ2n) is 7.82. The van der Waals surface area contributed by atoms with Gasteiger partial charge in [-0.3, -0.25) is 19.5 Å². The van der Waals surface area contributed by atoms with Crippen LogP contribution in [0.2, 0.25) is 5.02 Å². The SMILES string of the molecule is O=C1C(=O)C(N2CCN(c3ccnc4cc(Cl)ccc34)CC2)C1Nc1ccc(F)cc1. The molecular weight excluding hydrogens is 419 g/mol. The minimum atomic E-state index is -0.603. The van der Waals surface area contributed by atoms with Gasteiger partial charge in [0.25, 0.3) is 0 Å². The van der Waals surface area contributed by atoms with Crippen LogP contribution in [0.4, 0.5) is 15.8 Å². The number of hydrogen-bond acceptors (Lipinski definition) is 6. The third-order valence-corrected chi connectivity index (χ3v) is 6.24. The number of carbonyl (C=O) groups excluding carboxylic acids is 2. The molecule has 8 heteroatoms. The van der Waals surface area contributed by atoms with E-state index >= 15 is 0 Å². The Morgan fingerprint density at radius 3 is 2.45 bits per heavy atom. The normalized spacial score (nSPS) is 21.9. The number of benzene rings is 2. The molecule has 0 radical (unpaired) electrons. The first-order valence-corrected chi connectivity index (χ1v) is 10.5. The molecule has 2 aliphatic rings. The van der Waals surface area contributed by atoms with Crippen molar-refractivity contribution in [1.82, 2.24) is 9.88 Å². The molecule has 2 aromatic carbocycles. The number of halogens is 2. The van der Waals surface area contributed by atoms with Crippen molar-refractivity contribution in [3.8, 4) is 0 Å². The number of rotatable bonds is 4. The van der Waals surface area contributed by atoms with E-state index in [0.29, 0.717) is 23.8 Å². The molecule has 6 nitrogen and oxygen atoms in total. The largest absolute Gasteiger partial charge is 0.373 e. The van der Waals surface area contributed by atoms with Crippen LogP contribution in [0.1, 0.15) is 0 Å². The summed E-state index contributed by atoms with van der Waals surface area (Å²) in [5.41, 5.74) is 2.55. The van der Waals surface area contributed by atoms with Crippen molar-refractivity contribution in [1.29, 1.82) is 0 Å². The number of nitrogens with one attached hydrogen (secondary N) is 1. The number of aromatic nitrogens is 1. The number of hydrogen-bond donors (Lipinski definition) is 1. The molecule has 1 saturated carbocycles. The Balaban J connectivity index is 1.29. The van der Waals surface area contributed by atoms with Gasteiger partial charge < -0.3 is 10.2 Å². The molecule has 0 spiro atoms. The molecule has 0 amide bonds. The smallest absolute Gasteiger partial charge is 0.224 e. The van der Waals surface area contributed by atoms with Crippen LogP contribution < -0.4 is 10.2 Å².